The minimum atomic E-state index is -1.01. The van der Waals surface area contributed by atoms with E-state index in [4.69, 9.17) is 9.47 Å². The third-order valence-electron chi connectivity index (χ3n) is 5.62. The molecule has 1 saturated heterocycles. The molecule has 1 aliphatic heterocycles. The van der Waals surface area contributed by atoms with Crippen LogP contribution in [0.1, 0.15) is 48.9 Å². The maximum Gasteiger partial charge on any atom is 0.301 e. The number of unbranched alkanes of at least 4 members (excludes halogenated alkanes) is 1. The van der Waals surface area contributed by atoms with Gasteiger partial charge in [-0.15, -0.1) is 10.2 Å². The van der Waals surface area contributed by atoms with Gasteiger partial charge < -0.3 is 14.6 Å². The van der Waals surface area contributed by atoms with E-state index in [1.165, 1.54) is 29.2 Å². The summed E-state index contributed by atoms with van der Waals surface area (Å²) >= 11 is 1.15. The Bertz CT molecular complexity index is 1310. The van der Waals surface area contributed by atoms with Crippen molar-refractivity contribution in [3.05, 3.63) is 70.0 Å². The standard InChI is InChI=1S/C26H26FN3O5S/c1-4-6-13-35-19-12-9-17(14-20(19)34-5-2)22-21(23(31)16-7-10-18(27)11-8-16)24(32)25(33)30(22)26-29-28-15(3)36-26/h7-12,14,22,31H,4-6,13H2,1-3H3. The zero-order valence-electron chi connectivity index (χ0n) is 20.2. The quantitative estimate of drug-likeness (QED) is 0.183. The van der Waals surface area contributed by atoms with Gasteiger partial charge >= 0.3 is 5.91 Å². The summed E-state index contributed by atoms with van der Waals surface area (Å²) in [4.78, 5) is 27.7. The molecule has 10 heteroatoms. The monoisotopic (exact) mass is 511 g/mol. The van der Waals surface area contributed by atoms with E-state index in [2.05, 4.69) is 17.1 Å². The van der Waals surface area contributed by atoms with E-state index >= 15 is 0 Å². The van der Waals surface area contributed by atoms with Crippen LogP contribution >= 0.6 is 11.3 Å². The number of ketones is 1. The number of nitrogens with zero attached hydrogens (tertiary/aromatic N) is 3. The SMILES string of the molecule is CCCCOc1ccc(C2C(=C(O)c3ccc(F)cc3)C(=O)C(=O)N2c2nnc(C)s2)cc1OCC. The lowest BCUT2D eigenvalue weighted by molar-refractivity contribution is -0.132. The second-order valence-electron chi connectivity index (χ2n) is 8.12. The highest BCUT2D eigenvalue weighted by atomic mass is 32.1. The molecule has 0 radical (unpaired) electrons. The van der Waals surface area contributed by atoms with Gasteiger partial charge in [-0.1, -0.05) is 30.7 Å². The molecular formula is C26H26FN3O5S. The number of hydrogen-bond donors (Lipinski definition) is 1. The Morgan fingerprint density at radius 3 is 2.47 bits per heavy atom. The Morgan fingerprint density at radius 2 is 1.83 bits per heavy atom. The van der Waals surface area contributed by atoms with E-state index < -0.39 is 29.3 Å². The Morgan fingerprint density at radius 1 is 1.08 bits per heavy atom. The van der Waals surface area contributed by atoms with Gasteiger partial charge in [0.1, 0.15) is 16.6 Å². The van der Waals surface area contributed by atoms with Gasteiger partial charge in [-0.3, -0.25) is 14.5 Å². The number of Topliss-reactive ketones (excluding diaryl/α,β-unsaturated/α-hetero) is 1. The van der Waals surface area contributed by atoms with Crippen molar-refractivity contribution in [3.63, 3.8) is 0 Å². The van der Waals surface area contributed by atoms with Gasteiger partial charge in [-0.25, -0.2) is 4.39 Å². The molecule has 3 aromatic rings. The summed E-state index contributed by atoms with van der Waals surface area (Å²) in [6.45, 7) is 6.53. The largest absolute Gasteiger partial charge is 0.507 e. The number of aliphatic hydroxyl groups is 1. The first-order valence-electron chi connectivity index (χ1n) is 11.6. The molecule has 1 amide bonds. The molecular weight excluding hydrogens is 485 g/mol. The molecule has 0 spiro atoms. The summed E-state index contributed by atoms with van der Waals surface area (Å²) in [5, 5.41) is 20.0. The number of amides is 1. The number of hydrogen-bond acceptors (Lipinski definition) is 8. The lowest BCUT2D eigenvalue weighted by atomic mass is 9.95. The first-order valence-corrected chi connectivity index (χ1v) is 12.4. The first-order chi connectivity index (χ1) is 17.3. The molecule has 2 aromatic carbocycles. The number of aryl methyl sites for hydroxylation is 1. The van der Waals surface area contributed by atoms with Crippen molar-refractivity contribution in [2.24, 2.45) is 0 Å². The van der Waals surface area contributed by atoms with Crippen molar-refractivity contribution >= 4 is 33.9 Å². The fourth-order valence-electron chi connectivity index (χ4n) is 3.90. The van der Waals surface area contributed by atoms with Crippen LogP contribution in [0.2, 0.25) is 0 Å². The Kier molecular flexibility index (Phi) is 7.64. The van der Waals surface area contributed by atoms with Crippen LogP contribution in [-0.4, -0.2) is 40.2 Å². The van der Waals surface area contributed by atoms with Crippen LogP contribution in [-0.2, 0) is 9.59 Å². The highest BCUT2D eigenvalue weighted by Gasteiger charge is 2.48. The molecule has 0 saturated carbocycles. The first kappa shape index (κ1) is 25.3. The number of carbonyl (C=O) groups excluding carboxylic acids is 2. The maximum absolute atomic E-state index is 13.5. The highest BCUT2D eigenvalue weighted by Crippen LogP contribution is 2.44. The average Bonchev–Trinajstić information content (AvgIpc) is 3.40. The molecule has 1 fully saturated rings. The predicted molar refractivity (Wildman–Crippen MR) is 134 cm³/mol. The molecule has 4 rings (SSSR count). The van der Waals surface area contributed by atoms with Crippen LogP contribution in [0, 0.1) is 12.7 Å². The number of halogens is 1. The molecule has 0 aliphatic carbocycles. The van der Waals surface area contributed by atoms with Crippen molar-refractivity contribution in [3.8, 4) is 11.5 Å². The minimum absolute atomic E-state index is 0.137. The van der Waals surface area contributed by atoms with E-state index in [9.17, 15) is 19.1 Å². The van der Waals surface area contributed by atoms with Crippen molar-refractivity contribution in [2.75, 3.05) is 18.1 Å². The predicted octanol–water partition coefficient (Wildman–Crippen LogP) is 5.19. The van der Waals surface area contributed by atoms with Crippen LogP contribution in [0.3, 0.4) is 0 Å². The van der Waals surface area contributed by atoms with Crippen LogP contribution in [0.25, 0.3) is 5.76 Å². The minimum Gasteiger partial charge on any atom is -0.507 e. The molecule has 1 unspecified atom stereocenters. The molecule has 36 heavy (non-hydrogen) atoms. The fraction of sp³-hybridized carbons (Fsp3) is 0.308. The van der Waals surface area contributed by atoms with Gasteiger partial charge in [0.2, 0.25) is 5.13 Å². The second-order valence-corrected chi connectivity index (χ2v) is 9.28. The number of carbonyl (C=O) groups is 2. The van der Waals surface area contributed by atoms with Crippen LogP contribution in [0.15, 0.2) is 48.0 Å². The molecule has 8 nitrogen and oxygen atoms in total. The number of ether oxygens (including phenoxy) is 2. The van der Waals surface area contributed by atoms with Gasteiger partial charge in [0, 0.05) is 5.56 Å². The topological polar surface area (TPSA) is 102 Å². The van der Waals surface area contributed by atoms with E-state index in [1.807, 2.05) is 6.92 Å². The van der Waals surface area contributed by atoms with Crippen LogP contribution < -0.4 is 14.4 Å². The smallest absolute Gasteiger partial charge is 0.301 e. The average molecular weight is 512 g/mol. The Hall–Kier alpha value is -3.79. The molecule has 1 N–H and O–H groups in total. The summed E-state index contributed by atoms with van der Waals surface area (Å²) < 4.78 is 25.2. The molecule has 188 valence electrons. The fourth-order valence-corrected chi connectivity index (χ4v) is 4.61. The number of benzene rings is 2. The maximum atomic E-state index is 13.5. The normalized spacial score (nSPS) is 17.0. The van der Waals surface area contributed by atoms with Gasteiger partial charge in [-0.05, 0) is 62.2 Å². The zero-order chi connectivity index (χ0) is 25.8. The number of aromatic nitrogens is 2. The number of anilines is 1. The van der Waals surface area contributed by atoms with E-state index in [1.54, 1.807) is 25.1 Å². The third kappa shape index (κ3) is 4.94. The van der Waals surface area contributed by atoms with Gasteiger partial charge in [0.25, 0.3) is 5.78 Å². The lowest BCUT2D eigenvalue weighted by Crippen LogP contribution is -2.29. The molecule has 1 aromatic heterocycles. The molecule has 0 bridgehead atoms. The summed E-state index contributed by atoms with van der Waals surface area (Å²) in [6, 6.07) is 9.17. The van der Waals surface area contributed by atoms with Gasteiger partial charge in [0.05, 0.1) is 24.8 Å². The lowest BCUT2D eigenvalue weighted by Gasteiger charge is -2.23. The second kappa shape index (κ2) is 10.9. The summed E-state index contributed by atoms with van der Waals surface area (Å²) in [6.07, 6.45) is 1.85. The van der Waals surface area contributed by atoms with E-state index in [-0.39, 0.29) is 16.3 Å². The summed E-state index contributed by atoms with van der Waals surface area (Å²) in [7, 11) is 0. The molecule has 1 aliphatic rings. The molecule has 1 atom stereocenters. The van der Waals surface area contributed by atoms with Crippen molar-refractivity contribution in [2.45, 2.75) is 39.7 Å². The van der Waals surface area contributed by atoms with Gasteiger partial charge in [-0.2, -0.15) is 0 Å². The summed E-state index contributed by atoms with van der Waals surface area (Å²) in [5.41, 5.74) is 0.580. The number of rotatable bonds is 9. The van der Waals surface area contributed by atoms with E-state index in [0.29, 0.717) is 35.3 Å². The third-order valence-corrected chi connectivity index (χ3v) is 6.46. The zero-order valence-corrected chi connectivity index (χ0v) is 21.0. The van der Waals surface area contributed by atoms with Crippen molar-refractivity contribution < 1.29 is 28.6 Å². The Balaban J connectivity index is 1.88. The number of aliphatic hydroxyl groups excluding tert-OH is 1. The van der Waals surface area contributed by atoms with Gasteiger partial charge in [0.15, 0.2) is 11.5 Å². The van der Waals surface area contributed by atoms with Crippen molar-refractivity contribution in [1.82, 2.24) is 10.2 Å². The van der Waals surface area contributed by atoms with Crippen molar-refractivity contribution in [1.29, 1.82) is 0 Å². The summed E-state index contributed by atoms with van der Waals surface area (Å²) in [5.74, 6) is -1.64. The highest BCUT2D eigenvalue weighted by molar-refractivity contribution is 7.15. The van der Waals surface area contributed by atoms with E-state index in [0.717, 1.165) is 24.2 Å². The molecule has 2 heterocycles. The van der Waals surface area contributed by atoms with Crippen LogP contribution in [0.5, 0.6) is 11.5 Å². The van der Waals surface area contributed by atoms with Crippen LogP contribution in [0.4, 0.5) is 9.52 Å². The Labute approximate surface area is 212 Å².